The lowest BCUT2D eigenvalue weighted by molar-refractivity contribution is -0.686. The van der Waals surface area contributed by atoms with E-state index in [1.54, 1.807) is 24.4 Å². The van der Waals surface area contributed by atoms with Crippen LogP contribution in [0.2, 0.25) is 5.02 Å². The zero-order chi connectivity index (χ0) is 19.4. The van der Waals surface area contributed by atoms with Crippen LogP contribution in [0.25, 0.3) is 11.3 Å². The highest BCUT2D eigenvalue weighted by Crippen LogP contribution is 2.30. The third kappa shape index (κ3) is 5.77. The first-order valence-corrected chi connectivity index (χ1v) is 8.27. The molecule has 0 fully saturated rings. The summed E-state index contributed by atoms with van der Waals surface area (Å²) in [6.45, 7) is -0.0843. The van der Waals surface area contributed by atoms with Crippen molar-refractivity contribution in [2.24, 2.45) is 0 Å². The Morgan fingerprint density at radius 1 is 1.11 bits per heavy atom. The molecule has 1 N–H and O–H groups in total. The van der Waals surface area contributed by atoms with Crippen LogP contribution in [0, 0.1) is 0 Å². The average Bonchev–Trinajstić information content (AvgIpc) is 2.62. The maximum Gasteiger partial charge on any atom is 0.416 e. The molecule has 3 aromatic rings. The van der Waals surface area contributed by atoms with Crippen LogP contribution in [0.3, 0.4) is 0 Å². The molecule has 0 radical (unpaired) electrons. The lowest BCUT2D eigenvalue weighted by Crippen LogP contribution is -3.00. The molecule has 0 bridgehead atoms. The van der Waals surface area contributed by atoms with E-state index in [4.69, 9.17) is 11.6 Å². The van der Waals surface area contributed by atoms with E-state index < -0.39 is 17.6 Å². The summed E-state index contributed by atoms with van der Waals surface area (Å²) in [5.74, 6) is -0.461. The Labute approximate surface area is 174 Å². The average molecular weight is 473 g/mol. The van der Waals surface area contributed by atoms with Crippen LogP contribution in [-0.2, 0) is 17.5 Å². The van der Waals surface area contributed by atoms with Crippen molar-refractivity contribution in [3.05, 3.63) is 77.7 Å². The van der Waals surface area contributed by atoms with Gasteiger partial charge in [0, 0.05) is 22.3 Å². The number of alkyl halides is 3. The molecule has 1 aromatic heterocycles. The number of hydrogen-bond acceptors (Lipinski definition) is 2. The molecule has 9 heteroatoms. The number of rotatable bonds is 4. The number of halogens is 5. The molecule has 0 atom stereocenters. The topological polar surface area (TPSA) is 45.9 Å². The summed E-state index contributed by atoms with van der Waals surface area (Å²) in [6.07, 6.45) is -1.33. The quantitative estimate of drug-likeness (QED) is 0.583. The Balaban J connectivity index is 0.00000280. The number of benzene rings is 2. The Bertz CT molecular complexity index is 965. The fourth-order valence-electron chi connectivity index (χ4n) is 2.44. The Morgan fingerprint density at radius 2 is 1.86 bits per heavy atom. The number of amides is 1. The van der Waals surface area contributed by atoms with E-state index in [-0.39, 0.29) is 29.2 Å². The molecule has 0 spiro atoms. The number of carbonyl (C=O) groups excluding carboxylic acids is 1. The molecule has 1 heterocycles. The SMILES string of the molecule is O=C(C[n+]1ccc(-c2cccc(Cl)c2)nc1)Nc1cccc(C(F)(F)F)c1.[Br-]. The van der Waals surface area contributed by atoms with Crippen LogP contribution < -0.4 is 26.9 Å². The number of anilines is 1. The Hall–Kier alpha value is -2.45. The Kier molecular flexibility index (Phi) is 7.15. The molecule has 0 unspecified atom stereocenters. The first kappa shape index (κ1) is 21.8. The van der Waals surface area contributed by atoms with Gasteiger partial charge in [0.1, 0.15) is 0 Å². The number of aromatic nitrogens is 2. The van der Waals surface area contributed by atoms with E-state index >= 15 is 0 Å². The molecular formula is C19H14BrClF3N3O. The van der Waals surface area contributed by atoms with Crippen LogP contribution in [-0.4, -0.2) is 10.9 Å². The van der Waals surface area contributed by atoms with E-state index in [9.17, 15) is 18.0 Å². The maximum absolute atomic E-state index is 12.7. The molecule has 0 saturated heterocycles. The number of carbonyl (C=O) groups is 1. The molecule has 2 aromatic carbocycles. The summed E-state index contributed by atoms with van der Waals surface area (Å²) < 4.78 is 39.7. The molecule has 1 amide bonds. The first-order chi connectivity index (χ1) is 12.8. The summed E-state index contributed by atoms with van der Waals surface area (Å²) >= 11 is 5.95. The van der Waals surface area contributed by atoms with Crippen molar-refractivity contribution >= 4 is 23.2 Å². The molecule has 0 aliphatic carbocycles. The molecule has 0 saturated carbocycles. The molecule has 0 aliphatic rings. The van der Waals surface area contributed by atoms with Crippen molar-refractivity contribution in [1.82, 2.24) is 4.98 Å². The number of nitrogens with zero attached hydrogens (tertiary/aromatic N) is 2. The number of hydrogen-bond donors (Lipinski definition) is 1. The van der Waals surface area contributed by atoms with Gasteiger partial charge in [-0.3, -0.25) is 4.79 Å². The van der Waals surface area contributed by atoms with Gasteiger partial charge in [-0.15, -0.1) is 0 Å². The van der Waals surface area contributed by atoms with Gasteiger partial charge in [-0.05, 0) is 35.3 Å². The highest BCUT2D eigenvalue weighted by atomic mass is 79.9. The first-order valence-electron chi connectivity index (χ1n) is 7.89. The second kappa shape index (κ2) is 9.16. The van der Waals surface area contributed by atoms with Crippen LogP contribution in [0.15, 0.2) is 67.1 Å². The molecule has 146 valence electrons. The van der Waals surface area contributed by atoms with Gasteiger partial charge < -0.3 is 22.3 Å². The van der Waals surface area contributed by atoms with Crippen LogP contribution in [0.5, 0.6) is 0 Å². The zero-order valence-electron chi connectivity index (χ0n) is 14.3. The molecule has 28 heavy (non-hydrogen) atoms. The summed E-state index contributed by atoms with van der Waals surface area (Å²) in [6, 6.07) is 13.4. The highest BCUT2D eigenvalue weighted by Gasteiger charge is 2.30. The normalized spacial score (nSPS) is 10.9. The number of nitrogens with one attached hydrogen (secondary N) is 1. The predicted octanol–water partition coefficient (Wildman–Crippen LogP) is 1.35. The fourth-order valence-corrected chi connectivity index (χ4v) is 2.63. The van der Waals surface area contributed by atoms with Crippen LogP contribution in [0.4, 0.5) is 18.9 Å². The zero-order valence-corrected chi connectivity index (χ0v) is 16.6. The van der Waals surface area contributed by atoms with Crippen molar-refractivity contribution in [2.75, 3.05) is 5.32 Å². The highest BCUT2D eigenvalue weighted by molar-refractivity contribution is 6.30. The lowest BCUT2D eigenvalue weighted by atomic mass is 10.1. The summed E-state index contributed by atoms with van der Waals surface area (Å²) in [5.41, 5.74) is 0.787. The second-order valence-electron chi connectivity index (χ2n) is 5.75. The van der Waals surface area contributed by atoms with E-state index in [0.717, 1.165) is 17.7 Å². The van der Waals surface area contributed by atoms with Crippen LogP contribution >= 0.6 is 11.6 Å². The van der Waals surface area contributed by atoms with E-state index in [2.05, 4.69) is 10.3 Å². The molecular weight excluding hydrogens is 459 g/mol. The van der Waals surface area contributed by atoms with Gasteiger partial charge in [-0.25, -0.2) is 4.57 Å². The van der Waals surface area contributed by atoms with Crippen LogP contribution in [0.1, 0.15) is 5.56 Å². The smallest absolute Gasteiger partial charge is 0.416 e. The van der Waals surface area contributed by atoms with Gasteiger partial charge in [0.05, 0.1) is 11.8 Å². The van der Waals surface area contributed by atoms with E-state index in [1.165, 1.54) is 23.0 Å². The van der Waals surface area contributed by atoms with Gasteiger partial charge >= 0.3 is 6.18 Å². The van der Waals surface area contributed by atoms with Crippen molar-refractivity contribution < 1.29 is 39.5 Å². The standard InChI is InChI=1S/C19H13ClF3N3O.BrH/c20-15-5-1-3-13(9-15)17-7-8-26(12-24-17)11-18(27)25-16-6-2-4-14(10-16)19(21,22)23;/h1-10,12H,11H2;1H. The minimum Gasteiger partial charge on any atom is -1.00 e. The minimum atomic E-state index is -4.46. The predicted molar refractivity (Wildman–Crippen MR) is 95.0 cm³/mol. The maximum atomic E-state index is 12.7. The van der Waals surface area contributed by atoms with E-state index in [0.29, 0.717) is 10.7 Å². The third-order valence-electron chi connectivity index (χ3n) is 3.69. The van der Waals surface area contributed by atoms with Gasteiger partial charge in [0.15, 0.2) is 12.2 Å². The minimum absolute atomic E-state index is 0. The van der Waals surface area contributed by atoms with Gasteiger partial charge in [-0.1, -0.05) is 29.8 Å². The second-order valence-corrected chi connectivity index (χ2v) is 6.19. The van der Waals surface area contributed by atoms with Crippen molar-refractivity contribution in [2.45, 2.75) is 12.7 Å². The van der Waals surface area contributed by atoms with E-state index in [1.807, 2.05) is 12.1 Å². The Morgan fingerprint density at radius 3 is 2.50 bits per heavy atom. The molecule has 3 rings (SSSR count). The summed E-state index contributed by atoms with van der Waals surface area (Å²) in [7, 11) is 0. The molecule has 0 aliphatic heterocycles. The summed E-state index contributed by atoms with van der Waals surface area (Å²) in [5, 5.41) is 3.04. The largest absolute Gasteiger partial charge is 1.00 e. The van der Waals surface area contributed by atoms with Crippen molar-refractivity contribution in [1.29, 1.82) is 0 Å². The lowest BCUT2D eigenvalue weighted by Gasteiger charge is -2.09. The fraction of sp³-hybridized carbons (Fsp3) is 0.105. The summed E-state index contributed by atoms with van der Waals surface area (Å²) in [4.78, 5) is 16.4. The van der Waals surface area contributed by atoms with Gasteiger partial charge in [0.25, 0.3) is 12.2 Å². The van der Waals surface area contributed by atoms with Gasteiger partial charge in [-0.2, -0.15) is 13.2 Å². The monoisotopic (exact) mass is 471 g/mol. The molecule has 4 nitrogen and oxygen atoms in total. The van der Waals surface area contributed by atoms with Gasteiger partial charge in [0.2, 0.25) is 0 Å². The van der Waals surface area contributed by atoms with Crippen molar-refractivity contribution in [3.8, 4) is 11.3 Å². The van der Waals surface area contributed by atoms with Crippen molar-refractivity contribution in [3.63, 3.8) is 0 Å². The third-order valence-corrected chi connectivity index (χ3v) is 3.92.